The highest BCUT2D eigenvalue weighted by atomic mass is 19.3. The zero-order valence-electron chi connectivity index (χ0n) is 9.42. The number of alkyl halides is 2. The van der Waals surface area contributed by atoms with Gasteiger partial charge >= 0.3 is 5.97 Å². The van der Waals surface area contributed by atoms with Gasteiger partial charge in [-0.15, -0.1) is 0 Å². The van der Waals surface area contributed by atoms with E-state index in [1.165, 1.54) is 0 Å². The third kappa shape index (κ3) is 3.85. The number of rotatable bonds is 6. The van der Waals surface area contributed by atoms with Crippen molar-refractivity contribution in [2.24, 2.45) is 0 Å². The molecule has 1 aromatic carbocycles. The maximum Gasteiger partial charge on any atom is 0.338 e. The summed E-state index contributed by atoms with van der Waals surface area (Å²) in [7, 11) is 0. The standard InChI is InChI=1S/C10H10F2N2O5/c11-9(12)8(15)4-13-7-2-1-5(14(18)19)3-6(7)10(16)17/h1-3,8-9,13,15H,4H2,(H,16,17). The molecule has 0 aliphatic rings. The molecule has 9 heteroatoms. The normalized spacial score (nSPS) is 12.2. The fourth-order valence-corrected chi connectivity index (χ4v) is 1.28. The van der Waals surface area contributed by atoms with Gasteiger partial charge in [-0.25, -0.2) is 13.6 Å². The fourth-order valence-electron chi connectivity index (χ4n) is 1.28. The number of halogens is 2. The van der Waals surface area contributed by atoms with Gasteiger partial charge in [-0.3, -0.25) is 10.1 Å². The molecule has 0 aliphatic carbocycles. The first-order valence-corrected chi connectivity index (χ1v) is 5.04. The van der Waals surface area contributed by atoms with Gasteiger partial charge in [-0.05, 0) is 6.07 Å². The SMILES string of the molecule is O=C(O)c1cc([N+](=O)[O-])ccc1NCC(O)C(F)F. The van der Waals surface area contributed by atoms with Crippen molar-refractivity contribution in [3.8, 4) is 0 Å². The summed E-state index contributed by atoms with van der Waals surface area (Å²) >= 11 is 0. The Kier molecular flexibility index (Phi) is 4.70. The maximum atomic E-state index is 12.1. The summed E-state index contributed by atoms with van der Waals surface area (Å²) in [6.45, 7) is -0.574. The highest BCUT2D eigenvalue weighted by Crippen LogP contribution is 2.22. The Bertz CT molecular complexity index is 495. The zero-order chi connectivity index (χ0) is 14.6. The van der Waals surface area contributed by atoms with E-state index in [-0.39, 0.29) is 5.69 Å². The molecule has 1 aromatic rings. The Hall–Kier alpha value is -2.29. The second-order valence-electron chi connectivity index (χ2n) is 3.57. The third-order valence-corrected chi connectivity index (χ3v) is 2.24. The quantitative estimate of drug-likeness (QED) is 0.533. The molecule has 0 spiro atoms. The van der Waals surface area contributed by atoms with Crippen molar-refractivity contribution in [1.82, 2.24) is 0 Å². The van der Waals surface area contributed by atoms with Crippen molar-refractivity contribution in [3.63, 3.8) is 0 Å². The Morgan fingerprint density at radius 2 is 2.11 bits per heavy atom. The number of nitro benzene ring substituents is 1. The number of aliphatic hydroxyl groups excluding tert-OH is 1. The number of nitrogens with zero attached hydrogens (tertiary/aromatic N) is 1. The van der Waals surface area contributed by atoms with Gasteiger partial charge in [-0.2, -0.15) is 0 Å². The van der Waals surface area contributed by atoms with E-state index in [9.17, 15) is 23.7 Å². The van der Waals surface area contributed by atoms with Gasteiger partial charge < -0.3 is 15.5 Å². The average Bonchev–Trinajstić information content (AvgIpc) is 2.35. The van der Waals surface area contributed by atoms with E-state index in [1.807, 2.05) is 0 Å². The van der Waals surface area contributed by atoms with Crippen LogP contribution >= 0.6 is 0 Å². The summed E-state index contributed by atoms with van der Waals surface area (Å²) in [5.41, 5.74) is -0.953. The van der Waals surface area contributed by atoms with Gasteiger partial charge in [-0.1, -0.05) is 0 Å². The lowest BCUT2D eigenvalue weighted by Crippen LogP contribution is -2.27. The number of benzene rings is 1. The molecule has 0 radical (unpaired) electrons. The van der Waals surface area contributed by atoms with Gasteiger partial charge in [0.25, 0.3) is 12.1 Å². The van der Waals surface area contributed by atoms with Crippen LogP contribution in [0.1, 0.15) is 10.4 Å². The summed E-state index contributed by atoms with van der Waals surface area (Å²) in [6.07, 6.45) is -4.93. The van der Waals surface area contributed by atoms with Crippen molar-refractivity contribution >= 4 is 17.3 Å². The van der Waals surface area contributed by atoms with Crippen LogP contribution in [0.2, 0.25) is 0 Å². The zero-order valence-corrected chi connectivity index (χ0v) is 9.42. The first-order chi connectivity index (χ1) is 8.82. The van der Waals surface area contributed by atoms with Gasteiger partial charge in [0.15, 0.2) is 0 Å². The molecule has 0 amide bonds. The van der Waals surface area contributed by atoms with Crippen LogP contribution < -0.4 is 5.32 Å². The number of aliphatic hydroxyl groups is 1. The molecular weight excluding hydrogens is 266 g/mol. The molecule has 1 atom stereocenters. The Labute approximate surface area is 105 Å². The largest absolute Gasteiger partial charge is 0.478 e. The lowest BCUT2D eigenvalue weighted by molar-refractivity contribution is -0.384. The number of aromatic carboxylic acids is 1. The number of carbonyl (C=O) groups is 1. The lowest BCUT2D eigenvalue weighted by Gasteiger charge is -2.13. The molecule has 1 rings (SSSR count). The average molecular weight is 276 g/mol. The van der Waals surface area contributed by atoms with Gasteiger partial charge in [0, 0.05) is 24.4 Å². The summed E-state index contributed by atoms with van der Waals surface area (Å²) in [5.74, 6) is -1.45. The topological polar surface area (TPSA) is 113 Å². The number of anilines is 1. The predicted octanol–water partition coefficient (Wildman–Crippen LogP) is 1.33. The molecule has 0 aliphatic heterocycles. The summed E-state index contributed by atoms with van der Waals surface area (Å²) < 4.78 is 24.1. The van der Waals surface area contributed by atoms with E-state index >= 15 is 0 Å². The van der Waals surface area contributed by atoms with E-state index in [4.69, 9.17) is 10.2 Å². The molecular formula is C10H10F2N2O5. The van der Waals surface area contributed by atoms with Crippen LogP contribution in [-0.4, -0.2) is 40.2 Å². The molecule has 0 bridgehead atoms. The second kappa shape index (κ2) is 6.05. The molecule has 0 heterocycles. The lowest BCUT2D eigenvalue weighted by atomic mass is 10.1. The van der Waals surface area contributed by atoms with Crippen molar-refractivity contribution in [1.29, 1.82) is 0 Å². The van der Waals surface area contributed by atoms with Crippen molar-refractivity contribution in [2.75, 3.05) is 11.9 Å². The molecule has 104 valence electrons. The van der Waals surface area contributed by atoms with Crippen LogP contribution in [-0.2, 0) is 0 Å². The molecule has 0 saturated heterocycles. The maximum absolute atomic E-state index is 12.1. The molecule has 7 nitrogen and oxygen atoms in total. The molecule has 19 heavy (non-hydrogen) atoms. The van der Waals surface area contributed by atoms with Crippen LogP contribution in [0.25, 0.3) is 0 Å². The first-order valence-electron chi connectivity index (χ1n) is 5.04. The molecule has 0 aromatic heterocycles. The number of non-ortho nitro benzene ring substituents is 1. The molecule has 1 unspecified atom stereocenters. The second-order valence-corrected chi connectivity index (χ2v) is 3.57. The minimum absolute atomic E-state index is 0.0854. The van der Waals surface area contributed by atoms with Crippen LogP contribution in [0.5, 0.6) is 0 Å². The minimum Gasteiger partial charge on any atom is -0.478 e. The Balaban J connectivity index is 2.94. The van der Waals surface area contributed by atoms with Gasteiger partial charge in [0.2, 0.25) is 0 Å². The van der Waals surface area contributed by atoms with Crippen LogP contribution in [0.3, 0.4) is 0 Å². The number of carboxylic acid groups (broad SMARTS) is 1. The monoisotopic (exact) mass is 276 g/mol. The molecule has 3 N–H and O–H groups in total. The highest BCUT2D eigenvalue weighted by Gasteiger charge is 2.19. The summed E-state index contributed by atoms with van der Waals surface area (Å²) in [6, 6.07) is 2.92. The van der Waals surface area contributed by atoms with E-state index in [2.05, 4.69) is 5.32 Å². The van der Waals surface area contributed by atoms with E-state index in [0.717, 1.165) is 18.2 Å². The first kappa shape index (κ1) is 14.8. The third-order valence-electron chi connectivity index (χ3n) is 2.24. The Morgan fingerprint density at radius 1 is 1.47 bits per heavy atom. The molecule has 0 saturated carbocycles. The van der Waals surface area contributed by atoms with Crippen LogP contribution in [0.15, 0.2) is 18.2 Å². The number of nitro groups is 1. The van der Waals surface area contributed by atoms with Gasteiger partial charge in [0.1, 0.15) is 6.10 Å². The van der Waals surface area contributed by atoms with E-state index in [0.29, 0.717) is 0 Å². The van der Waals surface area contributed by atoms with Crippen molar-refractivity contribution in [2.45, 2.75) is 12.5 Å². The van der Waals surface area contributed by atoms with Crippen molar-refractivity contribution in [3.05, 3.63) is 33.9 Å². The Morgan fingerprint density at radius 3 is 2.58 bits per heavy atom. The van der Waals surface area contributed by atoms with E-state index in [1.54, 1.807) is 0 Å². The fraction of sp³-hybridized carbons (Fsp3) is 0.300. The number of hydrogen-bond donors (Lipinski definition) is 3. The smallest absolute Gasteiger partial charge is 0.338 e. The van der Waals surface area contributed by atoms with Crippen LogP contribution in [0, 0.1) is 10.1 Å². The van der Waals surface area contributed by atoms with Crippen molar-refractivity contribution < 1.29 is 28.7 Å². The summed E-state index contributed by atoms with van der Waals surface area (Å²) in [5, 5.41) is 30.6. The molecule has 0 fully saturated rings. The minimum atomic E-state index is -2.97. The predicted molar refractivity (Wildman–Crippen MR) is 60.6 cm³/mol. The number of hydrogen-bond acceptors (Lipinski definition) is 5. The highest BCUT2D eigenvalue weighted by molar-refractivity contribution is 5.95. The van der Waals surface area contributed by atoms with E-state index < -0.39 is 41.2 Å². The number of carboxylic acids is 1. The van der Waals surface area contributed by atoms with Gasteiger partial charge in [0.05, 0.1) is 10.5 Å². The van der Waals surface area contributed by atoms with Crippen LogP contribution in [0.4, 0.5) is 20.2 Å². The number of nitrogens with one attached hydrogen (secondary N) is 1. The summed E-state index contributed by atoms with van der Waals surface area (Å²) in [4.78, 5) is 20.6.